The maximum atomic E-state index is 12.2. The highest BCUT2D eigenvalue weighted by Crippen LogP contribution is 2.15. The summed E-state index contributed by atoms with van der Waals surface area (Å²) in [5.74, 6) is -1.13. The zero-order valence-electron chi connectivity index (χ0n) is 14.6. The number of hydrogen-bond acceptors (Lipinski definition) is 5. The second kappa shape index (κ2) is 7.67. The first kappa shape index (κ1) is 19.6. The molecule has 0 fully saturated rings. The minimum absolute atomic E-state index is 0.0651. The van der Waals surface area contributed by atoms with Gasteiger partial charge in [0.05, 0.1) is 10.5 Å². The average molecular weight is 376 g/mol. The fourth-order valence-electron chi connectivity index (χ4n) is 2.12. The van der Waals surface area contributed by atoms with Crippen LogP contribution in [0.5, 0.6) is 0 Å². The Bertz CT molecular complexity index is 937. The Morgan fingerprint density at radius 1 is 1.04 bits per heavy atom. The van der Waals surface area contributed by atoms with Gasteiger partial charge in [0.25, 0.3) is 5.91 Å². The van der Waals surface area contributed by atoms with Crippen molar-refractivity contribution in [2.45, 2.75) is 31.8 Å². The molecule has 2 rings (SSSR count). The van der Waals surface area contributed by atoms with Gasteiger partial charge in [-0.2, -0.15) is 0 Å². The van der Waals surface area contributed by atoms with E-state index in [0.29, 0.717) is 11.3 Å². The number of primary sulfonamides is 1. The van der Waals surface area contributed by atoms with Gasteiger partial charge in [0.2, 0.25) is 10.0 Å². The lowest BCUT2D eigenvalue weighted by Gasteiger charge is -2.14. The second-order valence-electron chi connectivity index (χ2n) is 5.91. The number of aryl methyl sites for hydroxylation is 2. The number of esters is 1. The molecule has 3 N–H and O–H groups in total. The van der Waals surface area contributed by atoms with Gasteiger partial charge in [0.1, 0.15) is 0 Å². The zero-order chi connectivity index (χ0) is 19.5. The van der Waals surface area contributed by atoms with Crippen LogP contribution in [0, 0.1) is 13.8 Å². The van der Waals surface area contributed by atoms with E-state index in [-0.39, 0.29) is 4.90 Å². The molecule has 0 spiro atoms. The number of nitrogens with two attached hydrogens (primary N) is 1. The van der Waals surface area contributed by atoms with Crippen molar-refractivity contribution in [3.8, 4) is 0 Å². The van der Waals surface area contributed by atoms with E-state index in [1.54, 1.807) is 12.1 Å². The van der Waals surface area contributed by atoms with Crippen molar-refractivity contribution in [1.82, 2.24) is 0 Å². The third-order valence-corrected chi connectivity index (χ3v) is 4.78. The van der Waals surface area contributed by atoms with E-state index in [0.717, 1.165) is 11.1 Å². The van der Waals surface area contributed by atoms with Gasteiger partial charge in [0.15, 0.2) is 6.10 Å². The summed E-state index contributed by atoms with van der Waals surface area (Å²) in [5.41, 5.74) is 2.73. The molecule has 0 heterocycles. The summed E-state index contributed by atoms with van der Waals surface area (Å²) in [6.45, 7) is 5.27. The number of benzene rings is 2. The van der Waals surface area contributed by atoms with E-state index < -0.39 is 28.0 Å². The van der Waals surface area contributed by atoms with Crippen LogP contribution >= 0.6 is 0 Å². The summed E-state index contributed by atoms with van der Waals surface area (Å²) in [5, 5.41) is 7.56. The lowest BCUT2D eigenvalue weighted by atomic mass is 10.1. The summed E-state index contributed by atoms with van der Waals surface area (Å²) in [4.78, 5) is 24.2. The normalized spacial score (nSPS) is 12.3. The molecule has 0 radical (unpaired) electrons. The number of hydrogen-bond donors (Lipinski definition) is 2. The van der Waals surface area contributed by atoms with Gasteiger partial charge in [-0.25, -0.2) is 18.4 Å². The summed E-state index contributed by atoms with van der Waals surface area (Å²) < 4.78 is 27.6. The predicted octanol–water partition coefficient (Wildman–Crippen LogP) is 2.13. The third-order valence-electron chi connectivity index (χ3n) is 3.85. The Hall–Kier alpha value is -2.71. The SMILES string of the molecule is Cc1ccc(C(=O)O[C@H](C)C(=O)Nc2ccc(S(N)(=O)=O)cc2)cc1C. The van der Waals surface area contributed by atoms with Crippen molar-refractivity contribution in [2.24, 2.45) is 5.14 Å². The number of carbonyl (C=O) groups is 2. The van der Waals surface area contributed by atoms with E-state index in [2.05, 4.69) is 5.32 Å². The third kappa shape index (κ3) is 4.90. The Morgan fingerprint density at radius 2 is 1.65 bits per heavy atom. The Balaban J connectivity index is 2.00. The van der Waals surface area contributed by atoms with E-state index >= 15 is 0 Å². The van der Waals surface area contributed by atoms with Crippen molar-refractivity contribution in [3.05, 3.63) is 59.2 Å². The van der Waals surface area contributed by atoms with Crippen LogP contribution in [0.25, 0.3) is 0 Å². The monoisotopic (exact) mass is 376 g/mol. The molecular formula is C18H20N2O5S. The molecule has 0 aliphatic rings. The Morgan fingerprint density at radius 3 is 2.19 bits per heavy atom. The van der Waals surface area contributed by atoms with Crippen molar-refractivity contribution in [3.63, 3.8) is 0 Å². The highest BCUT2D eigenvalue weighted by molar-refractivity contribution is 7.89. The standard InChI is InChI=1S/C18H20N2O5S/c1-11-4-5-14(10-12(11)2)18(22)25-13(3)17(21)20-15-6-8-16(9-7-15)26(19,23)24/h4-10,13H,1-3H3,(H,20,21)(H2,19,23,24)/t13-/m1/s1. The van der Waals surface area contributed by atoms with Crippen molar-refractivity contribution >= 4 is 27.6 Å². The molecule has 7 nitrogen and oxygen atoms in total. The van der Waals surface area contributed by atoms with Gasteiger partial charge in [-0.1, -0.05) is 6.07 Å². The highest BCUT2D eigenvalue weighted by Gasteiger charge is 2.19. The van der Waals surface area contributed by atoms with Crippen LogP contribution in [0.3, 0.4) is 0 Å². The minimum atomic E-state index is -3.80. The molecule has 0 aliphatic heterocycles. The summed E-state index contributed by atoms with van der Waals surface area (Å²) >= 11 is 0. The fraction of sp³-hybridized carbons (Fsp3) is 0.222. The van der Waals surface area contributed by atoms with Crippen molar-refractivity contribution < 1.29 is 22.7 Å². The van der Waals surface area contributed by atoms with Gasteiger partial charge in [-0.05, 0) is 68.3 Å². The maximum absolute atomic E-state index is 12.2. The topological polar surface area (TPSA) is 116 Å². The van der Waals surface area contributed by atoms with E-state index in [9.17, 15) is 18.0 Å². The first-order chi connectivity index (χ1) is 12.1. The Labute approximate surface area is 152 Å². The van der Waals surface area contributed by atoms with Crippen LogP contribution in [0.15, 0.2) is 47.4 Å². The number of amides is 1. The Kier molecular flexibility index (Phi) is 5.79. The second-order valence-corrected chi connectivity index (χ2v) is 7.47. The predicted molar refractivity (Wildman–Crippen MR) is 97.2 cm³/mol. The molecule has 0 aliphatic carbocycles. The molecule has 26 heavy (non-hydrogen) atoms. The van der Waals surface area contributed by atoms with E-state index in [4.69, 9.17) is 9.88 Å². The van der Waals surface area contributed by atoms with Crippen LogP contribution in [0.1, 0.15) is 28.4 Å². The highest BCUT2D eigenvalue weighted by atomic mass is 32.2. The van der Waals surface area contributed by atoms with Crippen molar-refractivity contribution in [2.75, 3.05) is 5.32 Å². The average Bonchev–Trinajstić information content (AvgIpc) is 2.56. The lowest BCUT2D eigenvalue weighted by Crippen LogP contribution is -2.30. The molecule has 0 unspecified atom stereocenters. The molecule has 0 bridgehead atoms. The number of sulfonamides is 1. The molecule has 0 saturated heterocycles. The molecule has 1 amide bonds. The molecule has 2 aromatic carbocycles. The van der Waals surface area contributed by atoms with Crippen molar-refractivity contribution in [1.29, 1.82) is 0 Å². The lowest BCUT2D eigenvalue weighted by molar-refractivity contribution is -0.123. The smallest absolute Gasteiger partial charge is 0.338 e. The molecule has 0 saturated carbocycles. The van der Waals surface area contributed by atoms with E-state index in [1.165, 1.54) is 31.2 Å². The van der Waals surface area contributed by atoms with Gasteiger partial charge in [-0.3, -0.25) is 4.79 Å². The summed E-state index contributed by atoms with van der Waals surface area (Å²) in [6.07, 6.45) is -1.03. The first-order valence-corrected chi connectivity index (χ1v) is 9.34. The molecule has 1 atom stereocenters. The van der Waals surface area contributed by atoms with E-state index in [1.807, 2.05) is 19.9 Å². The van der Waals surface area contributed by atoms with Gasteiger partial charge >= 0.3 is 5.97 Å². The van der Waals surface area contributed by atoms with Gasteiger partial charge in [-0.15, -0.1) is 0 Å². The largest absolute Gasteiger partial charge is 0.449 e. The van der Waals surface area contributed by atoms with Gasteiger partial charge < -0.3 is 10.1 Å². The minimum Gasteiger partial charge on any atom is -0.449 e. The summed E-state index contributed by atoms with van der Waals surface area (Å²) in [6, 6.07) is 10.5. The maximum Gasteiger partial charge on any atom is 0.338 e. The zero-order valence-corrected chi connectivity index (χ0v) is 15.5. The fourth-order valence-corrected chi connectivity index (χ4v) is 2.64. The number of rotatable bonds is 5. The molecule has 8 heteroatoms. The first-order valence-electron chi connectivity index (χ1n) is 7.80. The number of anilines is 1. The summed E-state index contributed by atoms with van der Waals surface area (Å²) in [7, 11) is -3.80. The van der Waals surface area contributed by atoms with Crippen LogP contribution < -0.4 is 10.5 Å². The molecule has 0 aromatic heterocycles. The van der Waals surface area contributed by atoms with Crippen LogP contribution in [-0.4, -0.2) is 26.4 Å². The molecule has 138 valence electrons. The molecule has 2 aromatic rings. The van der Waals surface area contributed by atoms with Crippen LogP contribution in [-0.2, 0) is 19.6 Å². The molecular weight excluding hydrogens is 356 g/mol. The van der Waals surface area contributed by atoms with Crippen LogP contribution in [0.2, 0.25) is 0 Å². The van der Waals surface area contributed by atoms with Crippen LogP contribution in [0.4, 0.5) is 5.69 Å². The number of carbonyl (C=O) groups excluding carboxylic acids is 2. The van der Waals surface area contributed by atoms with Gasteiger partial charge in [0, 0.05) is 5.69 Å². The number of nitrogens with one attached hydrogen (secondary N) is 1. The quantitative estimate of drug-likeness (QED) is 0.776. The number of ether oxygens (including phenoxy) is 1.